The Balaban J connectivity index is 1.92. The van der Waals surface area contributed by atoms with Gasteiger partial charge in [0.15, 0.2) is 0 Å². The molecule has 2 atom stereocenters. The number of halogens is 1. The summed E-state index contributed by atoms with van der Waals surface area (Å²) >= 11 is 3.41. The van der Waals surface area contributed by atoms with Gasteiger partial charge in [-0.15, -0.1) is 0 Å². The first-order valence-corrected chi connectivity index (χ1v) is 7.04. The van der Waals surface area contributed by atoms with Crippen LogP contribution in [0, 0.1) is 0 Å². The van der Waals surface area contributed by atoms with Crippen molar-refractivity contribution in [3.63, 3.8) is 0 Å². The highest BCUT2D eigenvalue weighted by Gasteiger charge is 2.11. The highest BCUT2D eigenvalue weighted by atomic mass is 79.9. The topological polar surface area (TPSA) is 45.1 Å². The summed E-state index contributed by atoms with van der Waals surface area (Å²) in [5.74, 6) is 0. The Kier molecular flexibility index (Phi) is 5.07. The molecule has 0 radical (unpaired) electrons. The Morgan fingerprint density at radius 1 is 1.26 bits per heavy atom. The second-order valence-electron chi connectivity index (χ2n) is 4.46. The van der Waals surface area contributed by atoms with Crippen LogP contribution in [0.25, 0.3) is 0 Å². The van der Waals surface area contributed by atoms with Crippen LogP contribution in [-0.4, -0.2) is 16.6 Å². The van der Waals surface area contributed by atoms with Gasteiger partial charge in [0.25, 0.3) is 0 Å². The molecule has 1 aromatic heterocycles. The summed E-state index contributed by atoms with van der Waals surface area (Å²) in [6, 6.07) is 13.7. The number of aliphatic hydroxyl groups is 1. The van der Waals surface area contributed by atoms with Crippen LogP contribution in [0.1, 0.15) is 30.3 Å². The molecule has 4 heteroatoms. The number of hydrogen-bond donors (Lipinski definition) is 2. The summed E-state index contributed by atoms with van der Waals surface area (Å²) in [6.45, 7) is 2.53. The zero-order chi connectivity index (χ0) is 13.7. The molecule has 0 aliphatic heterocycles. The number of nitrogens with zero attached hydrogens (tertiary/aromatic N) is 1. The highest BCUT2D eigenvalue weighted by molar-refractivity contribution is 9.10. The van der Waals surface area contributed by atoms with E-state index in [1.54, 1.807) is 6.20 Å². The molecule has 1 aromatic carbocycles. The van der Waals surface area contributed by atoms with Crippen LogP contribution in [0.3, 0.4) is 0 Å². The summed E-state index contributed by atoms with van der Waals surface area (Å²) in [5, 5.41) is 13.4. The van der Waals surface area contributed by atoms with Gasteiger partial charge in [0.2, 0.25) is 0 Å². The maximum absolute atomic E-state index is 10.1. The van der Waals surface area contributed by atoms with Crippen LogP contribution in [0.5, 0.6) is 0 Å². The number of hydrogen-bond acceptors (Lipinski definition) is 3. The lowest BCUT2D eigenvalue weighted by molar-refractivity contribution is 0.170. The van der Waals surface area contributed by atoms with E-state index in [1.807, 2.05) is 49.4 Å². The van der Waals surface area contributed by atoms with Crippen LogP contribution >= 0.6 is 15.9 Å². The van der Waals surface area contributed by atoms with Crippen molar-refractivity contribution in [1.29, 1.82) is 0 Å². The summed E-state index contributed by atoms with van der Waals surface area (Å²) in [4.78, 5) is 4.29. The normalized spacial score (nSPS) is 14.1. The molecule has 0 fully saturated rings. The van der Waals surface area contributed by atoms with Gasteiger partial charge >= 0.3 is 0 Å². The lowest BCUT2D eigenvalue weighted by Gasteiger charge is -2.17. The quantitative estimate of drug-likeness (QED) is 0.889. The van der Waals surface area contributed by atoms with E-state index >= 15 is 0 Å². The monoisotopic (exact) mass is 320 g/mol. The van der Waals surface area contributed by atoms with E-state index < -0.39 is 6.10 Å². The van der Waals surface area contributed by atoms with E-state index in [2.05, 4.69) is 26.2 Å². The number of rotatable bonds is 5. The molecule has 19 heavy (non-hydrogen) atoms. The van der Waals surface area contributed by atoms with Crippen molar-refractivity contribution in [1.82, 2.24) is 10.3 Å². The van der Waals surface area contributed by atoms with E-state index in [4.69, 9.17) is 0 Å². The van der Waals surface area contributed by atoms with Crippen LogP contribution in [-0.2, 0) is 0 Å². The minimum absolute atomic E-state index is 0.114. The largest absolute Gasteiger partial charge is 0.387 e. The standard InChI is InChI=1S/C15H17BrN2O/c1-11(14-7-2-3-8-17-14)18-10-15(19)12-5-4-6-13(16)9-12/h2-9,11,15,18-19H,10H2,1H3/t11-,15?/m0/s1. The zero-order valence-electron chi connectivity index (χ0n) is 10.8. The molecule has 0 saturated heterocycles. The lowest BCUT2D eigenvalue weighted by Crippen LogP contribution is -2.25. The molecule has 0 amide bonds. The fourth-order valence-corrected chi connectivity index (χ4v) is 2.27. The molecule has 0 bridgehead atoms. The predicted octanol–water partition coefficient (Wildman–Crippen LogP) is 3.23. The average molecular weight is 321 g/mol. The van der Waals surface area contributed by atoms with Crippen LogP contribution < -0.4 is 5.32 Å². The minimum Gasteiger partial charge on any atom is -0.387 e. The first-order chi connectivity index (χ1) is 9.16. The van der Waals surface area contributed by atoms with Gasteiger partial charge in [-0.1, -0.05) is 34.1 Å². The average Bonchev–Trinajstić information content (AvgIpc) is 2.45. The molecule has 0 aliphatic carbocycles. The Morgan fingerprint density at radius 2 is 2.11 bits per heavy atom. The second-order valence-corrected chi connectivity index (χ2v) is 5.37. The van der Waals surface area contributed by atoms with E-state index in [1.165, 1.54) is 0 Å². The summed E-state index contributed by atoms with van der Waals surface area (Å²) in [7, 11) is 0. The molecular weight excluding hydrogens is 304 g/mol. The number of nitrogens with one attached hydrogen (secondary N) is 1. The molecule has 3 nitrogen and oxygen atoms in total. The number of aromatic nitrogens is 1. The summed E-state index contributed by atoms with van der Waals surface area (Å²) < 4.78 is 0.974. The maximum atomic E-state index is 10.1. The number of aliphatic hydroxyl groups excluding tert-OH is 1. The van der Waals surface area contributed by atoms with Gasteiger partial charge in [-0.25, -0.2) is 0 Å². The van der Waals surface area contributed by atoms with Gasteiger partial charge in [0, 0.05) is 23.3 Å². The third kappa shape index (κ3) is 4.13. The number of pyridine rings is 1. The lowest BCUT2D eigenvalue weighted by atomic mass is 10.1. The van der Waals surface area contributed by atoms with Crippen LogP contribution in [0.4, 0.5) is 0 Å². The maximum Gasteiger partial charge on any atom is 0.0914 e. The Bertz CT molecular complexity index is 519. The van der Waals surface area contributed by atoms with E-state index in [9.17, 15) is 5.11 Å². The SMILES string of the molecule is C[C@H](NCC(O)c1cccc(Br)c1)c1ccccn1. The molecule has 1 unspecified atom stereocenters. The molecule has 0 spiro atoms. The van der Waals surface area contributed by atoms with Gasteiger partial charge in [-0.2, -0.15) is 0 Å². The fourth-order valence-electron chi connectivity index (χ4n) is 1.86. The Morgan fingerprint density at radius 3 is 2.79 bits per heavy atom. The predicted molar refractivity (Wildman–Crippen MR) is 79.8 cm³/mol. The van der Waals surface area contributed by atoms with Crippen LogP contribution in [0.2, 0.25) is 0 Å². The van der Waals surface area contributed by atoms with Gasteiger partial charge in [-0.3, -0.25) is 4.98 Å². The van der Waals surface area contributed by atoms with Gasteiger partial charge in [0.05, 0.1) is 11.8 Å². The van der Waals surface area contributed by atoms with Crippen molar-refractivity contribution in [2.75, 3.05) is 6.54 Å². The molecule has 1 heterocycles. The minimum atomic E-state index is -0.524. The van der Waals surface area contributed by atoms with Gasteiger partial charge < -0.3 is 10.4 Å². The molecule has 2 N–H and O–H groups in total. The van der Waals surface area contributed by atoms with Crippen molar-refractivity contribution in [2.24, 2.45) is 0 Å². The van der Waals surface area contributed by atoms with Crippen molar-refractivity contribution < 1.29 is 5.11 Å². The van der Waals surface area contributed by atoms with Gasteiger partial charge in [-0.05, 0) is 36.8 Å². The van der Waals surface area contributed by atoms with Crippen molar-refractivity contribution in [3.05, 3.63) is 64.4 Å². The molecule has 0 saturated carbocycles. The zero-order valence-corrected chi connectivity index (χ0v) is 12.3. The third-order valence-electron chi connectivity index (χ3n) is 2.98. The Hall–Kier alpha value is -1.23. The van der Waals surface area contributed by atoms with Crippen LogP contribution in [0.15, 0.2) is 53.1 Å². The highest BCUT2D eigenvalue weighted by Crippen LogP contribution is 2.18. The Labute approximate surface area is 121 Å². The molecule has 0 aliphatic rings. The van der Waals surface area contributed by atoms with Crippen molar-refractivity contribution in [2.45, 2.75) is 19.1 Å². The summed E-state index contributed by atoms with van der Waals surface area (Å²) in [6.07, 6.45) is 1.25. The smallest absolute Gasteiger partial charge is 0.0914 e. The first kappa shape index (κ1) is 14.2. The van der Waals surface area contributed by atoms with Gasteiger partial charge in [0.1, 0.15) is 0 Å². The second kappa shape index (κ2) is 6.80. The summed E-state index contributed by atoms with van der Waals surface area (Å²) in [5.41, 5.74) is 1.87. The van der Waals surface area contributed by atoms with E-state index in [-0.39, 0.29) is 6.04 Å². The molecule has 2 rings (SSSR count). The molecular formula is C15H17BrN2O. The first-order valence-electron chi connectivity index (χ1n) is 6.24. The van der Waals surface area contributed by atoms with Crippen molar-refractivity contribution in [3.8, 4) is 0 Å². The van der Waals surface area contributed by atoms with E-state index in [0.29, 0.717) is 6.54 Å². The molecule has 100 valence electrons. The van der Waals surface area contributed by atoms with Crippen molar-refractivity contribution >= 4 is 15.9 Å². The molecule has 2 aromatic rings. The van der Waals surface area contributed by atoms with E-state index in [0.717, 1.165) is 15.7 Å². The number of benzene rings is 1. The third-order valence-corrected chi connectivity index (χ3v) is 3.48. The fraction of sp³-hybridized carbons (Fsp3) is 0.267.